The Morgan fingerprint density at radius 2 is 2.31 bits per heavy atom. The largest absolute Gasteiger partial charge is 0.458 e. The van der Waals surface area contributed by atoms with Gasteiger partial charge in [0.1, 0.15) is 9.53 Å². The van der Waals surface area contributed by atoms with Crippen LogP contribution in [0.2, 0.25) is 0 Å². The van der Waals surface area contributed by atoms with Crippen molar-refractivity contribution in [3.8, 4) is 0 Å². The molecule has 0 aliphatic carbocycles. The molecule has 16 heavy (non-hydrogen) atoms. The third kappa shape index (κ3) is 2.67. The lowest BCUT2D eigenvalue weighted by Gasteiger charge is -2.30. The zero-order valence-corrected chi connectivity index (χ0v) is 12.2. The summed E-state index contributed by atoms with van der Waals surface area (Å²) in [6.45, 7) is 7.23. The maximum atomic E-state index is 11.9. The minimum atomic E-state index is -0.824. The summed E-state index contributed by atoms with van der Waals surface area (Å²) < 4.78 is 9.90. The number of hydrogen-bond acceptors (Lipinski definition) is 4. The Kier molecular flexibility index (Phi) is 3.87. The van der Waals surface area contributed by atoms with E-state index in [-0.39, 0.29) is 24.5 Å². The number of rotatable bonds is 3. The van der Waals surface area contributed by atoms with Gasteiger partial charge in [0, 0.05) is 0 Å². The first-order valence-corrected chi connectivity index (χ1v) is 6.41. The molecule has 0 aromatic rings. The second-order valence-electron chi connectivity index (χ2n) is 4.56. The van der Waals surface area contributed by atoms with Crippen LogP contribution in [0.1, 0.15) is 40.5 Å². The Hall–Kier alpha value is -0.330. The van der Waals surface area contributed by atoms with Crippen LogP contribution in [0.25, 0.3) is 0 Å². The molecule has 1 aliphatic heterocycles. The van der Waals surface area contributed by atoms with Gasteiger partial charge >= 0.3 is 11.9 Å². The first-order valence-electron chi connectivity index (χ1n) is 5.33. The maximum Gasteiger partial charge on any atom is 0.322 e. The Morgan fingerprint density at radius 3 is 2.69 bits per heavy atom. The molecule has 1 heterocycles. The van der Waals surface area contributed by atoms with Crippen LogP contribution in [0.15, 0.2) is 0 Å². The van der Waals surface area contributed by atoms with Crippen molar-refractivity contribution in [1.29, 1.82) is 0 Å². The number of ether oxygens (including phenoxy) is 2. The van der Waals surface area contributed by atoms with Crippen LogP contribution in [0.3, 0.4) is 0 Å². The summed E-state index contributed by atoms with van der Waals surface area (Å²) in [5, 5.41) is 0. The van der Waals surface area contributed by atoms with Crippen LogP contribution in [-0.2, 0) is 19.1 Å². The minimum Gasteiger partial charge on any atom is -0.458 e. The van der Waals surface area contributed by atoms with Crippen LogP contribution in [0, 0.1) is 0 Å². The van der Waals surface area contributed by atoms with E-state index in [0.29, 0.717) is 6.42 Å². The van der Waals surface area contributed by atoms with Gasteiger partial charge in [-0.15, -0.1) is 0 Å². The number of halogens is 1. The standard InChI is InChI=1S/C11H17IO4/c1-5-10(3,12)9(14)16-11(4)6-8(13)15-7(11)2/h7H,5-6H2,1-4H3. The van der Waals surface area contributed by atoms with Gasteiger partial charge in [0.25, 0.3) is 0 Å². The lowest BCUT2D eigenvalue weighted by Crippen LogP contribution is -2.43. The number of hydrogen-bond donors (Lipinski definition) is 0. The van der Waals surface area contributed by atoms with E-state index >= 15 is 0 Å². The van der Waals surface area contributed by atoms with Crippen molar-refractivity contribution in [2.24, 2.45) is 0 Å². The van der Waals surface area contributed by atoms with Gasteiger partial charge in [0.2, 0.25) is 0 Å². The summed E-state index contributed by atoms with van der Waals surface area (Å²) in [6, 6.07) is 0. The normalized spacial score (nSPS) is 33.1. The summed E-state index contributed by atoms with van der Waals surface area (Å²) in [5.41, 5.74) is -0.824. The van der Waals surface area contributed by atoms with Gasteiger partial charge in [-0.1, -0.05) is 29.5 Å². The number of cyclic esters (lactones) is 1. The van der Waals surface area contributed by atoms with Crippen LogP contribution in [0.4, 0.5) is 0 Å². The molecule has 1 rings (SSSR count). The topological polar surface area (TPSA) is 52.6 Å². The van der Waals surface area contributed by atoms with Crippen molar-refractivity contribution < 1.29 is 19.1 Å². The lowest BCUT2D eigenvalue weighted by molar-refractivity contribution is -0.165. The van der Waals surface area contributed by atoms with Crippen LogP contribution in [-0.4, -0.2) is 27.1 Å². The fourth-order valence-corrected chi connectivity index (χ4v) is 1.49. The van der Waals surface area contributed by atoms with Crippen molar-refractivity contribution in [2.45, 2.75) is 55.7 Å². The highest BCUT2D eigenvalue weighted by atomic mass is 127. The van der Waals surface area contributed by atoms with E-state index in [4.69, 9.17) is 9.47 Å². The molecule has 3 atom stereocenters. The minimum absolute atomic E-state index is 0.135. The number of carbonyl (C=O) groups excluding carboxylic acids is 2. The van der Waals surface area contributed by atoms with Crippen LogP contribution in [0.5, 0.6) is 0 Å². The molecule has 3 unspecified atom stereocenters. The molecule has 92 valence electrons. The van der Waals surface area contributed by atoms with E-state index in [2.05, 4.69) is 22.6 Å². The molecule has 0 aromatic heterocycles. The van der Waals surface area contributed by atoms with E-state index in [1.807, 2.05) is 13.8 Å². The highest BCUT2D eigenvalue weighted by Crippen LogP contribution is 2.34. The smallest absolute Gasteiger partial charge is 0.322 e. The molecule has 0 N–H and O–H groups in total. The molecule has 4 nitrogen and oxygen atoms in total. The Balaban J connectivity index is 2.74. The molecule has 5 heteroatoms. The maximum absolute atomic E-state index is 11.9. The highest BCUT2D eigenvalue weighted by molar-refractivity contribution is 14.1. The fourth-order valence-electron chi connectivity index (χ4n) is 1.38. The number of carbonyl (C=O) groups is 2. The molecule has 1 aliphatic rings. The number of alkyl halides is 1. The van der Waals surface area contributed by atoms with Gasteiger partial charge in [-0.05, 0) is 27.2 Å². The second-order valence-corrected chi connectivity index (χ2v) is 6.94. The van der Waals surface area contributed by atoms with Crippen LogP contribution < -0.4 is 0 Å². The second kappa shape index (κ2) is 4.50. The zero-order chi connectivity index (χ0) is 12.6. The first-order chi connectivity index (χ1) is 7.21. The van der Waals surface area contributed by atoms with Gasteiger partial charge in [-0.3, -0.25) is 9.59 Å². The monoisotopic (exact) mass is 340 g/mol. The predicted octanol–water partition coefficient (Wildman–Crippen LogP) is 2.23. The number of esters is 2. The SMILES string of the molecule is CCC(C)(I)C(=O)OC1(C)CC(=O)OC1C. The Morgan fingerprint density at radius 1 is 1.75 bits per heavy atom. The molecule has 0 bridgehead atoms. The van der Waals surface area contributed by atoms with Gasteiger partial charge < -0.3 is 9.47 Å². The van der Waals surface area contributed by atoms with Gasteiger partial charge in [-0.2, -0.15) is 0 Å². The molecule has 0 spiro atoms. The molecular weight excluding hydrogens is 323 g/mol. The van der Waals surface area contributed by atoms with E-state index in [9.17, 15) is 9.59 Å². The van der Waals surface area contributed by atoms with Crippen molar-refractivity contribution in [1.82, 2.24) is 0 Å². The molecule has 1 saturated heterocycles. The highest BCUT2D eigenvalue weighted by Gasteiger charge is 2.48. The molecule has 0 radical (unpaired) electrons. The molecule has 0 amide bonds. The fraction of sp³-hybridized carbons (Fsp3) is 0.818. The van der Waals surface area contributed by atoms with E-state index in [0.717, 1.165) is 0 Å². The molecule has 1 fully saturated rings. The third-order valence-electron chi connectivity index (χ3n) is 3.08. The van der Waals surface area contributed by atoms with E-state index < -0.39 is 9.02 Å². The summed E-state index contributed by atoms with van der Waals surface area (Å²) in [6.07, 6.45) is 0.440. The van der Waals surface area contributed by atoms with E-state index in [1.54, 1.807) is 13.8 Å². The summed E-state index contributed by atoms with van der Waals surface area (Å²) in [4.78, 5) is 23.1. The quantitative estimate of drug-likeness (QED) is 0.449. The summed E-state index contributed by atoms with van der Waals surface area (Å²) in [5.74, 6) is -0.599. The molecular formula is C11H17IO4. The van der Waals surface area contributed by atoms with Gasteiger partial charge in [0.15, 0.2) is 5.60 Å². The van der Waals surface area contributed by atoms with Gasteiger partial charge in [0.05, 0.1) is 6.42 Å². The van der Waals surface area contributed by atoms with Crippen molar-refractivity contribution >= 4 is 34.5 Å². The van der Waals surface area contributed by atoms with Crippen LogP contribution >= 0.6 is 22.6 Å². The summed E-state index contributed by atoms with van der Waals surface area (Å²) >= 11 is 2.07. The van der Waals surface area contributed by atoms with Crippen molar-refractivity contribution in [2.75, 3.05) is 0 Å². The average Bonchev–Trinajstić information content (AvgIpc) is 2.40. The van der Waals surface area contributed by atoms with Crippen molar-refractivity contribution in [3.05, 3.63) is 0 Å². The van der Waals surface area contributed by atoms with Crippen molar-refractivity contribution in [3.63, 3.8) is 0 Å². The first kappa shape index (κ1) is 13.7. The molecule has 0 aromatic carbocycles. The third-order valence-corrected chi connectivity index (χ3v) is 4.28. The lowest BCUT2D eigenvalue weighted by atomic mass is 9.98. The Labute approximate surface area is 109 Å². The molecule has 0 saturated carbocycles. The van der Waals surface area contributed by atoms with E-state index in [1.165, 1.54) is 0 Å². The summed E-state index contributed by atoms with van der Waals surface area (Å²) in [7, 11) is 0. The predicted molar refractivity (Wildman–Crippen MR) is 67.4 cm³/mol. The average molecular weight is 340 g/mol. The Bertz CT molecular complexity index is 313. The van der Waals surface area contributed by atoms with Gasteiger partial charge in [-0.25, -0.2) is 0 Å². The zero-order valence-electron chi connectivity index (χ0n) is 10.0.